The van der Waals surface area contributed by atoms with Gasteiger partial charge in [-0.05, 0) is 10.8 Å². The molecule has 0 unspecified atom stereocenters. The number of hydrogen-bond acceptors (Lipinski definition) is 4. The smallest absolute Gasteiger partial charge is 0.275 e. The standard InChI is InChI=1S/C15H11ClN4O/c16-14-13(9-18-20-15(14)21)19-17-8-11-6-3-5-10-4-1-2-7-12(10)11/h1-9H,(H2,19,20,21)/b17-8+. The zero-order valence-electron chi connectivity index (χ0n) is 10.9. The molecule has 0 aliphatic carbocycles. The van der Waals surface area contributed by atoms with Crippen LogP contribution in [0.1, 0.15) is 5.56 Å². The summed E-state index contributed by atoms with van der Waals surface area (Å²) >= 11 is 5.85. The Labute approximate surface area is 125 Å². The number of rotatable bonds is 3. The number of hydrogen-bond donors (Lipinski definition) is 2. The molecule has 0 atom stereocenters. The summed E-state index contributed by atoms with van der Waals surface area (Å²) in [6, 6.07) is 14.0. The van der Waals surface area contributed by atoms with Gasteiger partial charge in [-0.3, -0.25) is 10.2 Å². The minimum Gasteiger partial charge on any atom is -0.275 e. The van der Waals surface area contributed by atoms with Crippen molar-refractivity contribution >= 4 is 34.3 Å². The molecule has 0 radical (unpaired) electrons. The molecule has 104 valence electrons. The van der Waals surface area contributed by atoms with Crippen molar-refractivity contribution < 1.29 is 0 Å². The van der Waals surface area contributed by atoms with E-state index in [2.05, 4.69) is 20.7 Å². The lowest BCUT2D eigenvalue weighted by Gasteiger charge is -2.03. The van der Waals surface area contributed by atoms with Crippen LogP contribution in [0, 0.1) is 0 Å². The minimum absolute atomic E-state index is 0.0278. The summed E-state index contributed by atoms with van der Waals surface area (Å²) in [5.74, 6) is 0. The maximum atomic E-state index is 11.3. The molecule has 0 bridgehead atoms. The predicted octanol–water partition coefficient (Wildman–Crippen LogP) is 3.02. The number of aromatic amines is 1. The van der Waals surface area contributed by atoms with Crippen LogP contribution in [-0.2, 0) is 0 Å². The maximum Gasteiger partial charge on any atom is 0.285 e. The molecule has 2 aromatic carbocycles. The molecule has 3 aromatic rings. The van der Waals surface area contributed by atoms with Crippen LogP contribution < -0.4 is 11.0 Å². The van der Waals surface area contributed by atoms with Crippen LogP contribution in [0.25, 0.3) is 10.8 Å². The Balaban J connectivity index is 1.89. The van der Waals surface area contributed by atoms with Crippen LogP contribution in [0.4, 0.5) is 5.69 Å². The van der Waals surface area contributed by atoms with Crippen molar-refractivity contribution in [1.29, 1.82) is 0 Å². The monoisotopic (exact) mass is 298 g/mol. The van der Waals surface area contributed by atoms with Gasteiger partial charge in [0.05, 0.1) is 12.4 Å². The first-order valence-electron chi connectivity index (χ1n) is 6.26. The highest BCUT2D eigenvalue weighted by atomic mass is 35.5. The second-order valence-electron chi connectivity index (χ2n) is 4.37. The first kappa shape index (κ1) is 13.3. The third kappa shape index (κ3) is 2.78. The molecule has 6 heteroatoms. The molecule has 21 heavy (non-hydrogen) atoms. The van der Waals surface area contributed by atoms with E-state index in [0.717, 1.165) is 16.3 Å². The molecule has 0 fully saturated rings. The largest absolute Gasteiger partial charge is 0.285 e. The Morgan fingerprint density at radius 2 is 2.00 bits per heavy atom. The fraction of sp³-hybridized carbons (Fsp3) is 0. The highest BCUT2D eigenvalue weighted by Crippen LogP contribution is 2.17. The topological polar surface area (TPSA) is 70.1 Å². The van der Waals surface area contributed by atoms with Crippen LogP contribution in [-0.4, -0.2) is 16.4 Å². The number of aromatic nitrogens is 2. The highest BCUT2D eigenvalue weighted by Gasteiger charge is 2.03. The average molecular weight is 299 g/mol. The van der Waals surface area contributed by atoms with E-state index in [9.17, 15) is 4.79 Å². The van der Waals surface area contributed by atoms with Crippen LogP contribution in [0.2, 0.25) is 5.02 Å². The summed E-state index contributed by atoms with van der Waals surface area (Å²) in [7, 11) is 0. The number of fused-ring (bicyclic) bond motifs is 1. The van der Waals surface area contributed by atoms with E-state index in [1.54, 1.807) is 6.21 Å². The summed E-state index contributed by atoms with van der Waals surface area (Å²) in [6.45, 7) is 0. The van der Waals surface area contributed by atoms with Crippen LogP contribution in [0.3, 0.4) is 0 Å². The van der Waals surface area contributed by atoms with Gasteiger partial charge < -0.3 is 0 Å². The van der Waals surface area contributed by atoms with Gasteiger partial charge in [-0.1, -0.05) is 54.1 Å². The van der Waals surface area contributed by atoms with Gasteiger partial charge in [0.15, 0.2) is 0 Å². The van der Waals surface area contributed by atoms with Gasteiger partial charge in [-0.15, -0.1) is 0 Å². The van der Waals surface area contributed by atoms with Crippen molar-refractivity contribution in [3.8, 4) is 0 Å². The molecule has 5 nitrogen and oxygen atoms in total. The van der Waals surface area contributed by atoms with Crippen molar-refractivity contribution in [3.05, 3.63) is 69.6 Å². The minimum atomic E-state index is -0.456. The molecular formula is C15H11ClN4O. The SMILES string of the molecule is O=c1[nH]ncc(N/N=C/c2cccc3ccccc23)c1Cl. The summed E-state index contributed by atoms with van der Waals surface area (Å²) in [6.07, 6.45) is 3.09. The average Bonchev–Trinajstić information content (AvgIpc) is 2.52. The molecule has 0 saturated carbocycles. The molecule has 0 amide bonds. The van der Waals surface area contributed by atoms with Crippen LogP contribution in [0.5, 0.6) is 0 Å². The second kappa shape index (κ2) is 5.76. The fourth-order valence-electron chi connectivity index (χ4n) is 2.00. The lowest BCUT2D eigenvalue weighted by Crippen LogP contribution is -2.10. The van der Waals surface area contributed by atoms with E-state index in [4.69, 9.17) is 11.6 Å². The molecule has 1 aromatic heterocycles. The van der Waals surface area contributed by atoms with Crippen LogP contribution in [0.15, 0.2) is 58.6 Å². The van der Waals surface area contributed by atoms with Gasteiger partial charge in [-0.2, -0.15) is 10.2 Å². The number of anilines is 1. The van der Waals surface area contributed by atoms with E-state index in [-0.39, 0.29) is 5.02 Å². The van der Waals surface area contributed by atoms with Crippen molar-refractivity contribution in [2.45, 2.75) is 0 Å². The number of benzene rings is 2. The second-order valence-corrected chi connectivity index (χ2v) is 4.74. The van der Waals surface area contributed by atoms with Gasteiger partial charge in [0.25, 0.3) is 5.56 Å². The quantitative estimate of drug-likeness (QED) is 0.577. The van der Waals surface area contributed by atoms with Crippen molar-refractivity contribution in [2.75, 3.05) is 5.43 Å². The third-order valence-corrected chi connectivity index (χ3v) is 3.38. The molecule has 3 rings (SSSR count). The van der Waals surface area contributed by atoms with Gasteiger partial charge >= 0.3 is 0 Å². The van der Waals surface area contributed by atoms with Crippen molar-refractivity contribution in [3.63, 3.8) is 0 Å². The third-order valence-electron chi connectivity index (χ3n) is 3.01. The molecule has 2 N–H and O–H groups in total. The van der Waals surface area contributed by atoms with Crippen molar-refractivity contribution in [1.82, 2.24) is 10.2 Å². The van der Waals surface area contributed by atoms with E-state index >= 15 is 0 Å². The maximum absolute atomic E-state index is 11.3. The molecule has 0 saturated heterocycles. The lowest BCUT2D eigenvalue weighted by molar-refractivity contribution is 0.987. The van der Waals surface area contributed by atoms with Crippen LogP contribution >= 0.6 is 11.6 Å². The first-order chi connectivity index (χ1) is 10.3. The van der Waals surface area contributed by atoms with Gasteiger partial charge in [-0.25, -0.2) is 5.10 Å². The highest BCUT2D eigenvalue weighted by molar-refractivity contribution is 6.32. The number of H-pyrrole nitrogens is 1. The Bertz CT molecular complexity index is 867. The Hall–Kier alpha value is -2.66. The Kier molecular flexibility index (Phi) is 3.66. The molecular weight excluding hydrogens is 288 g/mol. The van der Waals surface area contributed by atoms with E-state index in [1.165, 1.54) is 6.20 Å². The summed E-state index contributed by atoms with van der Waals surface area (Å²) in [4.78, 5) is 11.3. The summed E-state index contributed by atoms with van der Waals surface area (Å²) in [5, 5.41) is 12.3. The van der Waals surface area contributed by atoms with Gasteiger partial charge in [0.2, 0.25) is 0 Å². The zero-order chi connectivity index (χ0) is 14.7. The van der Waals surface area contributed by atoms with Crippen molar-refractivity contribution in [2.24, 2.45) is 5.10 Å². The Morgan fingerprint density at radius 1 is 1.19 bits per heavy atom. The number of nitrogens with one attached hydrogen (secondary N) is 2. The van der Waals surface area contributed by atoms with E-state index in [0.29, 0.717) is 5.69 Å². The molecule has 1 heterocycles. The van der Waals surface area contributed by atoms with Gasteiger partial charge in [0.1, 0.15) is 10.7 Å². The molecule has 0 aliphatic rings. The predicted molar refractivity (Wildman–Crippen MR) is 85.0 cm³/mol. The lowest BCUT2D eigenvalue weighted by atomic mass is 10.1. The Morgan fingerprint density at radius 3 is 2.90 bits per heavy atom. The number of hydrazone groups is 1. The molecule has 0 aliphatic heterocycles. The zero-order valence-corrected chi connectivity index (χ0v) is 11.6. The molecule has 0 spiro atoms. The number of halogens is 1. The fourth-order valence-corrected chi connectivity index (χ4v) is 2.13. The van der Waals surface area contributed by atoms with E-state index < -0.39 is 5.56 Å². The number of nitrogens with zero attached hydrogens (tertiary/aromatic N) is 2. The van der Waals surface area contributed by atoms with E-state index in [1.807, 2.05) is 42.5 Å². The first-order valence-corrected chi connectivity index (χ1v) is 6.63. The van der Waals surface area contributed by atoms with Gasteiger partial charge in [0, 0.05) is 5.56 Å². The summed E-state index contributed by atoms with van der Waals surface area (Å²) in [5.41, 5.74) is 3.59. The normalized spacial score (nSPS) is 11.1. The summed E-state index contributed by atoms with van der Waals surface area (Å²) < 4.78 is 0.